The summed E-state index contributed by atoms with van der Waals surface area (Å²) >= 11 is 0. The molecular weight excluding hydrogens is 385 g/mol. The summed E-state index contributed by atoms with van der Waals surface area (Å²) in [4.78, 5) is 7.66. The van der Waals surface area contributed by atoms with Crippen LogP contribution in [0.15, 0.2) is 52.0 Å². The van der Waals surface area contributed by atoms with Crippen LogP contribution in [-0.4, -0.2) is 23.5 Å². The zero-order chi connectivity index (χ0) is 19.7. The van der Waals surface area contributed by atoms with E-state index in [0.29, 0.717) is 6.20 Å². The molecule has 0 saturated carbocycles. The number of aromatic nitrogens is 3. The number of pyridine rings is 1. The molecule has 0 fully saturated rings. The molecule has 0 amide bonds. The lowest BCUT2D eigenvalue weighted by Gasteiger charge is -2.05. The number of rotatable bonds is 5. The smallest absolute Gasteiger partial charge is 0.332 e. The van der Waals surface area contributed by atoms with Gasteiger partial charge in [-0.25, -0.2) is 13.1 Å². The van der Waals surface area contributed by atoms with Gasteiger partial charge in [-0.15, -0.1) is 0 Å². The number of aryl methyl sites for hydroxylation is 1. The molecule has 11 heteroatoms. The van der Waals surface area contributed by atoms with Crippen LogP contribution in [0.3, 0.4) is 0 Å². The molecule has 0 radical (unpaired) electrons. The fourth-order valence-electron chi connectivity index (χ4n) is 2.08. The number of benzene rings is 1. The number of hydrogen-bond acceptors (Lipinski definition) is 6. The molecule has 3 rings (SSSR count). The summed E-state index contributed by atoms with van der Waals surface area (Å²) in [5.74, 6) is -0.101. The van der Waals surface area contributed by atoms with E-state index < -0.39 is 21.8 Å². The summed E-state index contributed by atoms with van der Waals surface area (Å²) in [5, 5.41) is 3.60. The Bertz CT molecular complexity index is 1030. The van der Waals surface area contributed by atoms with Crippen molar-refractivity contribution in [2.24, 2.45) is 0 Å². The van der Waals surface area contributed by atoms with Crippen molar-refractivity contribution in [1.29, 1.82) is 0 Å². The highest BCUT2D eigenvalue weighted by Gasteiger charge is 2.31. The van der Waals surface area contributed by atoms with Crippen molar-refractivity contribution in [2.75, 3.05) is 0 Å². The van der Waals surface area contributed by atoms with Crippen LogP contribution in [-0.2, 0) is 22.7 Å². The average molecular weight is 398 g/mol. The zero-order valence-corrected chi connectivity index (χ0v) is 14.7. The third-order valence-electron chi connectivity index (χ3n) is 3.53. The monoisotopic (exact) mass is 398 g/mol. The van der Waals surface area contributed by atoms with Crippen LogP contribution in [0.5, 0.6) is 0 Å². The summed E-state index contributed by atoms with van der Waals surface area (Å²) < 4.78 is 69.3. The van der Waals surface area contributed by atoms with E-state index in [1.54, 1.807) is 12.1 Å². The first kappa shape index (κ1) is 19.0. The number of sulfonamides is 1. The predicted octanol–water partition coefficient (Wildman–Crippen LogP) is 2.94. The van der Waals surface area contributed by atoms with Crippen LogP contribution in [0.25, 0.3) is 11.6 Å². The zero-order valence-electron chi connectivity index (χ0n) is 13.9. The van der Waals surface area contributed by atoms with Gasteiger partial charge in [0.05, 0.1) is 17.0 Å². The molecule has 27 heavy (non-hydrogen) atoms. The minimum absolute atomic E-state index is 0.0161. The summed E-state index contributed by atoms with van der Waals surface area (Å²) in [6.07, 6.45) is -3.85. The van der Waals surface area contributed by atoms with E-state index in [1.807, 2.05) is 6.92 Å². The minimum Gasteiger partial charge on any atom is -0.332 e. The van der Waals surface area contributed by atoms with Crippen LogP contribution in [0.2, 0.25) is 0 Å². The van der Waals surface area contributed by atoms with Crippen molar-refractivity contribution in [2.45, 2.75) is 24.5 Å². The Kier molecular flexibility index (Phi) is 4.98. The van der Waals surface area contributed by atoms with Gasteiger partial charge in [-0.1, -0.05) is 22.9 Å². The van der Waals surface area contributed by atoms with Gasteiger partial charge >= 0.3 is 6.18 Å². The number of hydrogen-bond donors (Lipinski definition) is 1. The number of nitrogens with one attached hydrogen (secondary N) is 1. The highest BCUT2D eigenvalue weighted by Crippen LogP contribution is 2.29. The average Bonchev–Trinajstić information content (AvgIpc) is 3.09. The second-order valence-corrected chi connectivity index (χ2v) is 7.35. The lowest BCUT2D eigenvalue weighted by Crippen LogP contribution is -2.23. The van der Waals surface area contributed by atoms with Gasteiger partial charge in [0.2, 0.25) is 10.0 Å². The SMILES string of the molecule is Cc1ccc(S(=O)(=O)NCc2noc(-c3ccc(C(F)(F)F)cn3)n2)cc1. The molecule has 0 bridgehead atoms. The molecule has 2 heterocycles. The normalized spacial score (nSPS) is 12.3. The molecule has 0 aliphatic heterocycles. The van der Waals surface area contributed by atoms with Gasteiger partial charge in [0.25, 0.3) is 5.89 Å². The minimum atomic E-state index is -4.50. The molecule has 1 N–H and O–H groups in total. The topological polar surface area (TPSA) is 98.0 Å². The molecular formula is C16H13F3N4O3S. The Morgan fingerprint density at radius 2 is 1.81 bits per heavy atom. The standard InChI is InChI=1S/C16H13F3N4O3S/c1-10-2-5-12(6-3-10)27(24,25)21-9-14-22-15(26-23-14)13-7-4-11(8-20-13)16(17,18)19/h2-8,21H,9H2,1H3. The Labute approximate surface area is 152 Å². The molecule has 3 aromatic rings. The Hall–Kier alpha value is -2.79. The summed E-state index contributed by atoms with van der Waals surface area (Å²) in [6, 6.07) is 8.19. The molecule has 2 aromatic heterocycles. The van der Waals surface area contributed by atoms with Gasteiger partial charge in [0, 0.05) is 6.20 Å². The van der Waals surface area contributed by atoms with Crippen LogP contribution in [0.1, 0.15) is 17.0 Å². The second-order valence-electron chi connectivity index (χ2n) is 5.58. The van der Waals surface area contributed by atoms with Crippen LogP contribution < -0.4 is 4.72 Å². The van der Waals surface area contributed by atoms with E-state index in [1.165, 1.54) is 12.1 Å². The molecule has 7 nitrogen and oxygen atoms in total. The third-order valence-corrected chi connectivity index (χ3v) is 4.95. The summed E-state index contributed by atoms with van der Waals surface area (Å²) in [5.41, 5.74) is 0.0563. The van der Waals surface area contributed by atoms with Gasteiger partial charge in [0.15, 0.2) is 5.82 Å². The Balaban J connectivity index is 1.70. The lowest BCUT2D eigenvalue weighted by molar-refractivity contribution is -0.137. The molecule has 0 aliphatic carbocycles. The van der Waals surface area contributed by atoms with E-state index in [-0.39, 0.29) is 28.8 Å². The Morgan fingerprint density at radius 1 is 1.11 bits per heavy atom. The van der Waals surface area contributed by atoms with Crippen molar-refractivity contribution in [3.8, 4) is 11.6 Å². The highest BCUT2D eigenvalue weighted by atomic mass is 32.2. The molecule has 0 aliphatic rings. The molecule has 0 spiro atoms. The lowest BCUT2D eigenvalue weighted by atomic mass is 10.2. The quantitative estimate of drug-likeness (QED) is 0.710. The highest BCUT2D eigenvalue weighted by molar-refractivity contribution is 7.89. The molecule has 142 valence electrons. The van der Waals surface area contributed by atoms with Crippen LogP contribution >= 0.6 is 0 Å². The van der Waals surface area contributed by atoms with E-state index in [9.17, 15) is 21.6 Å². The fraction of sp³-hybridized carbons (Fsp3) is 0.188. The van der Waals surface area contributed by atoms with Crippen molar-refractivity contribution in [1.82, 2.24) is 19.8 Å². The summed E-state index contributed by atoms with van der Waals surface area (Å²) in [6.45, 7) is 1.58. The van der Waals surface area contributed by atoms with Crippen molar-refractivity contribution >= 4 is 10.0 Å². The third kappa shape index (κ3) is 4.49. The van der Waals surface area contributed by atoms with Gasteiger partial charge in [0.1, 0.15) is 5.69 Å². The van der Waals surface area contributed by atoms with E-state index >= 15 is 0 Å². The first-order chi connectivity index (χ1) is 12.6. The van der Waals surface area contributed by atoms with E-state index in [4.69, 9.17) is 4.52 Å². The molecule has 0 saturated heterocycles. The first-order valence-corrected chi connectivity index (χ1v) is 9.06. The maximum atomic E-state index is 12.5. The first-order valence-electron chi connectivity index (χ1n) is 7.58. The van der Waals surface area contributed by atoms with Crippen molar-refractivity contribution < 1.29 is 26.1 Å². The van der Waals surface area contributed by atoms with Crippen LogP contribution in [0, 0.1) is 6.92 Å². The van der Waals surface area contributed by atoms with Gasteiger partial charge < -0.3 is 4.52 Å². The van der Waals surface area contributed by atoms with Gasteiger partial charge in [-0.3, -0.25) is 4.98 Å². The maximum absolute atomic E-state index is 12.5. The largest absolute Gasteiger partial charge is 0.417 e. The fourth-order valence-corrected chi connectivity index (χ4v) is 3.06. The van der Waals surface area contributed by atoms with Crippen molar-refractivity contribution in [3.05, 3.63) is 59.5 Å². The van der Waals surface area contributed by atoms with E-state index in [0.717, 1.165) is 17.7 Å². The number of halogens is 3. The van der Waals surface area contributed by atoms with Gasteiger partial charge in [-0.05, 0) is 31.2 Å². The number of alkyl halides is 3. The van der Waals surface area contributed by atoms with E-state index in [2.05, 4.69) is 19.8 Å². The van der Waals surface area contributed by atoms with Crippen LogP contribution in [0.4, 0.5) is 13.2 Å². The summed E-state index contributed by atoms with van der Waals surface area (Å²) in [7, 11) is -3.76. The predicted molar refractivity (Wildman–Crippen MR) is 87.7 cm³/mol. The Morgan fingerprint density at radius 3 is 2.41 bits per heavy atom. The second kappa shape index (κ2) is 7.08. The number of nitrogens with zero attached hydrogens (tertiary/aromatic N) is 3. The molecule has 1 aromatic carbocycles. The van der Waals surface area contributed by atoms with Crippen molar-refractivity contribution in [3.63, 3.8) is 0 Å². The molecule has 0 unspecified atom stereocenters. The maximum Gasteiger partial charge on any atom is 0.417 e. The van der Waals surface area contributed by atoms with Gasteiger partial charge in [-0.2, -0.15) is 18.2 Å². The molecule has 0 atom stereocenters.